The first kappa shape index (κ1) is 26.8. The van der Waals surface area contributed by atoms with E-state index < -0.39 is 5.97 Å². The van der Waals surface area contributed by atoms with E-state index in [0.29, 0.717) is 49.0 Å². The van der Waals surface area contributed by atoms with Gasteiger partial charge in [0.2, 0.25) is 5.75 Å². The van der Waals surface area contributed by atoms with Gasteiger partial charge in [-0.2, -0.15) is 0 Å². The molecule has 0 fully saturated rings. The summed E-state index contributed by atoms with van der Waals surface area (Å²) in [6.45, 7) is 7.32. The van der Waals surface area contributed by atoms with Crippen LogP contribution in [0.15, 0.2) is 61.2 Å². The van der Waals surface area contributed by atoms with Crippen LogP contribution in [0.5, 0.6) is 17.2 Å². The Morgan fingerprint density at radius 2 is 1.74 bits per heavy atom. The van der Waals surface area contributed by atoms with Gasteiger partial charge in [-0.1, -0.05) is 55.1 Å². The summed E-state index contributed by atoms with van der Waals surface area (Å²) in [5, 5.41) is 14.7. The maximum atomic E-state index is 12.6. The van der Waals surface area contributed by atoms with Crippen LogP contribution in [0.1, 0.15) is 38.3 Å². The highest BCUT2D eigenvalue weighted by atomic mass is 16.5. The van der Waals surface area contributed by atoms with E-state index in [1.54, 1.807) is 27.4 Å². The molecule has 198 valence electrons. The number of benzene rings is 3. The molecule has 0 unspecified atom stereocenters. The predicted octanol–water partition coefficient (Wildman–Crippen LogP) is 5.70. The number of nitrogens with one attached hydrogen (secondary N) is 1. The van der Waals surface area contributed by atoms with Crippen LogP contribution in [-0.4, -0.2) is 43.5 Å². The molecule has 4 aromatic rings. The fraction of sp³-hybridized carbons (Fsp3) is 0.258. The standard InChI is InChI=1S/C31H34N2O5/c1-6-21-8-10-22(11-9-21)19-33-26-17-20(2)7-13-24(26)25(28(33)31(34)35)18-32-16-15-23-12-14-27(36-3)30(38-5)29(23)37-4/h6-14,17,32H,1,15-16,18-19H2,2-5H3,(H,34,35). The molecule has 0 aliphatic heterocycles. The maximum absolute atomic E-state index is 12.6. The van der Waals surface area contributed by atoms with Gasteiger partial charge >= 0.3 is 5.97 Å². The summed E-state index contributed by atoms with van der Waals surface area (Å²) in [7, 11) is 4.78. The first-order valence-electron chi connectivity index (χ1n) is 12.5. The number of hydrogen-bond donors (Lipinski definition) is 2. The number of ether oxygens (including phenoxy) is 3. The lowest BCUT2D eigenvalue weighted by Crippen LogP contribution is -2.20. The van der Waals surface area contributed by atoms with E-state index in [4.69, 9.17) is 14.2 Å². The first-order valence-corrected chi connectivity index (χ1v) is 12.5. The Morgan fingerprint density at radius 1 is 1.00 bits per heavy atom. The molecule has 0 bridgehead atoms. The first-order chi connectivity index (χ1) is 18.4. The van der Waals surface area contributed by atoms with E-state index >= 15 is 0 Å². The van der Waals surface area contributed by atoms with E-state index in [2.05, 4.69) is 18.0 Å². The molecule has 0 radical (unpaired) electrons. The molecule has 38 heavy (non-hydrogen) atoms. The van der Waals surface area contributed by atoms with Gasteiger partial charge in [-0.15, -0.1) is 0 Å². The Hall–Kier alpha value is -4.23. The molecule has 4 rings (SSSR count). The minimum absolute atomic E-state index is 0.301. The molecule has 1 heterocycles. The molecule has 0 aliphatic rings. The van der Waals surface area contributed by atoms with Crippen molar-refractivity contribution < 1.29 is 24.1 Å². The van der Waals surface area contributed by atoms with Gasteiger partial charge in [-0.3, -0.25) is 0 Å². The average Bonchev–Trinajstić information content (AvgIpc) is 3.23. The van der Waals surface area contributed by atoms with Gasteiger partial charge in [0.25, 0.3) is 0 Å². The van der Waals surface area contributed by atoms with Crippen LogP contribution in [0.25, 0.3) is 17.0 Å². The lowest BCUT2D eigenvalue weighted by Gasteiger charge is -2.16. The van der Waals surface area contributed by atoms with Crippen LogP contribution in [0.2, 0.25) is 0 Å². The molecular weight excluding hydrogens is 480 g/mol. The Balaban J connectivity index is 1.61. The predicted molar refractivity (Wildman–Crippen MR) is 151 cm³/mol. The van der Waals surface area contributed by atoms with Crippen molar-refractivity contribution in [3.63, 3.8) is 0 Å². The van der Waals surface area contributed by atoms with E-state index in [0.717, 1.165) is 38.7 Å². The molecule has 0 atom stereocenters. The number of fused-ring (bicyclic) bond motifs is 1. The highest BCUT2D eigenvalue weighted by Crippen LogP contribution is 2.39. The van der Waals surface area contributed by atoms with Crippen LogP contribution in [-0.2, 0) is 19.5 Å². The van der Waals surface area contributed by atoms with E-state index in [1.807, 2.05) is 60.0 Å². The van der Waals surface area contributed by atoms with Crippen molar-refractivity contribution in [1.82, 2.24) is 9.88 Å². The molecule has 0 saturated heterocycles. The van der Waals surface area contributed by atoms with Crippen LogP contribution >= 0.6 is 0 Å². The summed E-state index contributed by atoms with van der Waals surface area (Å²) in [6.07, 6.45) is 2.46. The van der Waals surface area contributed by atoms with Crippen molar-refractivity contribution in [2.45, 2.75) is 26.4 Å². The summed E-state index contributed by atoms with van der Waals surface area (Å²) in [6, 6.07) is 17.9. The SMILES string of the molecule is C=Cc1ccc(Cn2c(C(=O)O)c(CNCCc3ccc(OC)c(OC)c3OC)c3ccc(C)cc32)cc1. The van der Waals surface area contributed by atoms with E-state index in [1.165, 1.54) is 0 Å². The smallest absolute Gasteiger partial charge is 0.352 e. The Labute approximate surface area is 223 Å². The molecule has 0 saturated carbocycles. The zero-order valence-electron chi connectivity index (χ0n) is 22.3. The molecule has 2 N–H and O–H groups in total. The number of carboxylic acid groups (broad SMARTS) is 1. The average molecular weight is 515 g/mol. The second kappa shape index (κ2) is 11.9. The van der Waals surface area contributed by atoms with Crippen LogP contribution in [0, 0.1) is 6.92 Å². The number of methoxy groups -OCH3 is 3. The fourth-order valence-corrected chi connectivity index (χ4v) is 4.86. The summed E-state index contributed by atoms with van der Waals surface area (Å²) in [5.41, 5.74) is 6.08. The molecular formula is C31H34N2O5. The number of rotatable bonds is 12. The zero-order valence-corrected chi connectivity index (χ0v) is 22.3. The number of aryl methyl sites for hydroxylation is 1. The number of aromatic carboxylic acids is 1. The summed E-state index contributed by atoms with van der Waals surface area (Å²) < 4.78 is 18.4. The van der Waals surface area contributed by atoms with Gasteiger partial charge in [0.15, 0.2) is 11.5 Å². The van der Waals surface area contributed by atoms with Gasteiger partial charge in [0.05, 0.1) is 21.3 Å². The molecule has 0 aliphatic carbocycles. The molecule has 3 aromatic carbocycles. The number of hydrogen-bond acceptors (Lipinski definition) is 5. The second-order valence-electron chi connectivity index (χ2n) is 9.10. The number of aromatic nitrogens is 1. The molecule has 0 spiro atoms. The number of carbonyl (C=O) groups is 1. The highest BCUT2D eigenvalue weighted by Gasteiger charge is 2.23. The quantitative estimate of drug-likeness (QED) is 0.236. The third-order valence-electron chi connectivity index (χ3n) is 6.74. The molecule has 7 heteroatoms. The Bertz CT molecular complexity index is 1450. The van der Waals surface area contributed by atoms with Gasteiger partial charge in [-0.05, 0) is 54.3 Å². The minimum atomic E-state index is -0.945. The van der Waals surface area contributed by atoms with Crippen molar-refractivity contribution in [3.05, 3.63) is 94.7 Å². The summed E-state index contributed by atoms with van der Waals surface area (Å²) in [5.74, 6) is 0.851. The van der Waals surface area contributed by atoms with Gasteiger partial charge in [0.1, 0.15) is 5.69 Å². The van der Waals surface area contributed by atoms with Crippen molar-refractivity contribution in [1.29, 1.82) is 0 Å². The van der Waals surface area contributed by atoms with Crippen molar-refractivity contribution in [3.8, 4) is 17.2 Å². The number of nitrogens with zero attached hydrogens (tertiary/aromatic N) is 1. The van der Waals surface area contributed by atoms with Crippen molar-refractivity contribution in [2.75, 3.05) is 27.9 Å². The third-order valence-corrected chi connectivity index (χ3v) is 6.74. The maximum Gasteiger partial charge on any atom is 0.352 e. The summed E-state index contributed by atoms with van der Waals surface area (Å²) in [4.78, 5) is 12.6. The normalized spacial score (nSPS) is 10.9. The van der Waals surface area contributed by atoms with Gasteiger partial charge in [-0.25, -0.2) is 4.79 Å². The second-order valence-corrected chi connectivity index (χ2v) is 9.10. The van der Waals surface area contributed by atoms with Crippen LogP contribution < -0.4 is 19.5 Å². The third kappa shape index (κ3) is 5.38. The van der Waals surface area contributed by atoms with Gasteiger partial charge in [0, 0.05) is 29.6 Å². The van der Waals surface area contributed by atoms with Crippen molar-refractivity contribution >= 4 is 22.9 Å². The molecule has 1 aromatic heterocycles. The molecule has 7 nitrogen and oxygen atoms in total. The van der Waals surface area contributed by atoms with Crippen LogP contribution in [0.4, 0.5) is 0 Å². The van der Waals surface area contributed by atoms with Gasteiger partial charge < -0.3 is 29.2 Å². The topological polar surface area (TPSA) is 82.0 Å². The highest BCUT2D eigenvalue weighted by molar-refractivity contribution is 5.98. The largest absolute Gasteiger partial charge is 0.493 e. The Kier molecular flexibility index (Phi) is 8.38. The monoisotopic (exact) mass is 514 g/mol. The lowest BCUT2D eigenvalue weighted by atomic mass is 10.1. The lowest BCUT2D eigenvalue weighted by molar-refractivity contribution is 0.0684. The minimum Gasteiger partial charge on any atom is -0.493 e. The zero-order chi connectivity index (χ0) is 27.2. The van der Waals surface area contributed by atoms with Crippen molar-refractivity contribution in [2.24, 2.45) is 0 Å². The molecule has 0 amide bonds. The summed E-state index contributed by atoms with van der Waals surface area (Å²) >= 11 is 0. The fourth-order valence-electron chi connectivity index (χ4n) is 4.86. The van der Waals surface area contributed by atoms with Crippen LogP contribution in [0.3, 0.4) is 0 Å². The Morgan fingerprint density at radius 3 is 2.37 bits per heavy atom. The van der Waals surface area contributed by atoms with E-state index in [-0.39, 0.29) is 0 Å². The van der Waals surface area contributed by atoms with E-state index in [9.17, 15) is 9.90 Å². The number of carboxylic acids is 1.